The number of aromatic carboxylic acids is 1. The quantitative estimate of drug-likeness (QED) is 0.250. The maximum atomic E-state index is 14.0. The molecule has 4 atom stereocenters. The fourth-order valence-electron chi connectivity index (χ4n) is 6.66. The van der Waals surface area contributed by atoms with Crippen LogP contribution >= 0.6 is 15.9 Å². The van der Waals surface area contributed by atoms with Gasteiger partial charge in [-0.1, -0.05) is 17.7 Å². The molecule has 0 aromatic heterocycles. The molecule has 0 saturated carbocycles. The van der Waals surface area contributed by atoms with Crippen molar-refractivity contribution in [3.8, 4) is 17.2 Å². The molecular formula is C31H24BrNO9. The van der Waals surface area contributed by atoms with Gasteiger partial charge < -0.3 is 20.1 Å². The largest absolute Gasteiger partial charge is 0.507 e. The highest BCUT2D eigenvalue weighted by atomic mass is 79.9. The first-order valence-corrected chi connectivity index (χ1v) is 14.1. The lowest BCUT2D eigenvalue weighted by Gasteiger charge is -2.42. The summed E-state index contributed by atoms with van der Waals surface area (Å²) < 4.78 is 5.69. The summed E-state index contributed by atoms with van der Waals surface area (Å²) in [6.07, 6.45) is 3.37. The number of amides is 2. The lowest BCUT2D eigenvalue weighted by molar-refractivity contribution is -0.123. The van der Waals surface area contributed by atoms with E-state index in [-0.39, 0.29) is 63.8 Å². The maximum absolute atomic E-state index is 14.0. The second-order valence-corrected chi connectivity index (χ2v) is 11.4. The van der Waals surface area contributed by atoms with Gasteiger partial charge in [-0.3, -0.25) is 19.2 Å². The van der Waals surface area contributed by atoms with Gasteiger partial charge in [0.15, 0.2) is 23.1 Å². The summed E-state index contributed by atoms with van der Waals surface area (Å²) in [5.74, 6) is -6.47. The van der Waals surface area contributed by atoms with Crippen molar-refractivity contribution in [2.45, 2.75) is 25.7 Å². The molecule has 2 amide bonds. The van der Waals surface area contributed by atoms with E-state index in [0.29, 0.717) is 11.1 Å². The normalized spacial score (nSPS) is 25.0. The van der Waals surface area contributed by atoms with Crippen LogP contribution in [0.25, 0.3) is 0 Å². The third kappa shape index (κ3) is 4.10. The van der Waals surface area contributed by atoms with Gasteiger partial charge in [-0.25, -0.2) is 9.69 Å². The Morgan fingerprint density at radius 2 is 1.79 bits per heavy atom. The number of halogens is 1. The van der Waals surface area contributed by atoms with Crippen molar-refractivity contribution in [3.63, 3.8) is 0 Å². The lowest BCUT2D eigenvalue weighted by atomic mass is 9.59. The molecule has 6 rings (SSSR count). The van der Waals surface area contributed by atoms with E-state index in [1.165, 1.54) is 18.2 Å². The summed E-state index contributed by atoms with van der Waals surface area (Å²) in [4.78, 5) is 66.7. The van der Waals surface area contributed by atoms with E-state index in [1.807, 2.05) is 6.08 Å². The number of carbonyl (C=O) groups is 5. The fourth-order valence-corrected chi connectivity index (χ4v) is 7.11. The second-order valence-electron chi connectivity index (χ2n) is 10.6. The van der Waals surface area contributed by atoms with Crippen LogP contribution in [0.15, 0.2) is 69.8 Å². The minimum absolute atomic E-state index is 0.0465. The predicted octanol–water partition coefficient (Wildman–Crippen LogP) is 4.16. The minimum atomic E-state index is -1.36. The molecule has 1 aliphatic heterocycles. The number of anilines is 1. The van der Waals surface area contributed by atoms with Crippen LogP contribution in [0, 0.1) is 17.8 Å². The molecule has 3 aliphatic carbocycles. The standard InChI is InChI=1S/C31H24BrNO9/c1-2-42-24-9-13(3-8-21(24)34)25-15-6-7-17-26(18(15)11-19-27(25)23(36)12-20(32)28(19)37)30(39)33(29(17)38)14-4-5-16(31(40)41)22(35)10-14/h3-6,8-10,12,17-18,25-26,34-35H,2,7,11H2,1H3,(H,40,41)/t17-,18+,25-,26-/m0/s1. The molecule has 3 N–H and O–H groups in total. The number of hydrogen-bond acceptors (Lipinski definition) is 8. The van der Waals surface area contributed by atoms with Gasteiger partial charge in [0.1, 0.15) is 11.3 Å². The number of nitrogens with zero attached hydrogens (tertiary/aromatic N) is 1. The van der Waals surface area contributed by atoms with Crippen molar-refractivity contribution < 1.29 is 44.0 Å². The third-order valence-electron chi connectivity index (χ3n) is 8.42. The van der Waals surface area contributed by atoms with Gasteiger partial charge in [-0.05, 0) is 71.4 Å². The number of rotatable bonds is 5. The van der Waals surface area contributed by atoms with Crippen LogP contribution in [0.5, 0.6) is 17.2 Å². The van der Waals surface area contributed by atoms with E-state index in [4.69, 9.17) is 4.74 Å². The average molecular weight is 634 g/mol. The molecular weight excluding hydrogens is 610 g/mol. The highest BCUT2D eigenvalue weighted by Gasteiger charge is 2.56. The minimum Gasteiger partial charge on any atom is -0.507 e. The zero-order valence-corrected chi connectivity index (χ0v) is 23.8. The van der Waals surface area contributed by atoms with Crippen LogP contribution in [0.1, 0.15) is 41.6 Å². The van der Waals surface area contributed by atoms with Gasteiger partial charge in [0.25, 0.3) is 0 Å². The molecule has 4 aliphatic rings. The number of Topliss-reactive ketones (excluding diaryl/α,β-unsaturated/α-hetero) is 1. The number of carbonyl (C=O) groups excluding carboxylic acids is 4. The molecule has 0 spiro atoms. The first-order valence-electron chi connectivity index (χ1n) is 13.3. The molecule has 214 valence electrons. The van der Waals surface area contributed by atoms with Crippen LogP contribution in [0.4, 0.5) is 5.69 Å². The first kappa shape index (κ1) is 27.6. The number of hydrogen-bond donors (Lipinski definition) is 3. The third-order valence-corrected chi connectivity index (χ3v) is 9.01. The Balaban J connectivity index is 1.46. The Morgan fingerprint density at radius 1 is 1.02 bits per heavy atom. The number of carboxylic acid groups (broad SMARTS) is 1. The van der Waals surface area contributed by atoms with Crippen molar-refractivity contribution in [3.05, 3.63) is 80.9 Å². The van der Waals surface area contributed by atoms with Gasteiger partial charge >= 0.3 is 5.97 Å². The maximum Gasteiger partial charge on any atom is 0.339 e. The van der Waals surface area contributed by atoms with Crippen LogP contribution in [-0.4, -0.2) is 51.3 Å². The number of phenolic OH excluding ortho intramolecular Hbond substituents is 1. The number of fused-ring (bicyclic) bond motifs is 3. The molecule has 1 fully saturated rings. The van der Waals surface area contributed by atoms with E-state index in [9.17, 15) is 39.3 Å². The van der Waals surface area contributed by atoms with E-state index in [1.54, 1.807) is 19.1 Å². The molecule has 1 heterocycles. The van der Waals surface area contributed by atoms with Gasteiger partial charge in [0.2, 0.25) is 11.8 Å². The SMILES string of the molecule is CCOc1cc([C@H]2C3=CC[C@@H]4C(=O)N(c5ccc(C(=O)O)c(O)c5)C(=O)[C@@H]4[C@@H]3CC3=C2C(=O)C=C(Br)C3=O)ccc1O. The van der Waals surface area contributed by atoms with E-state index in [0.717, 1.165) is 22.6 Å². The summed E-state index contributed by atoms with van der Waals surface area (Å²) in [6, 6.07) is 8.22. The van der Waals surface area contributed by atoms with Gasteiger partial charge in [-0.2, -0.15) is 0 Å². The molecule has 42 heavy (non-hydrogen) atoms. The first-order chi connectivity index (χ1) is 20.0. The van der Waals surface area contributed by atoms with Crippen molar-refractivity contribution >= 4 is 51.0 Å². The van der Waals surface area contributed by atoms with Crippen LogP contribution < -0.4 is 9.64 Å². The van der Waals surface area contributed by atoms with Crippen LogP contribution in [0.2, 0.25) is 0 Å². The number of aromatic hydroxyl groups is 2. The average Bonchev–Trinajstić information content (AvgIpc) is 3.21. The molecule has 0 unspecified atom stereocenters. The lowest BCUT2D eigenvalue weighted by Crippen LogP contribution is -2.39. The second kappa shape index (κ2) is 10.1. The number of ether oxygens (including phenoxy) is 1. The molecule has 0 bridgehead atoms. The summed E-state index contributed by atoms with van der Waals surface area (Å²) >= 11 is 3.20. The molecule has 2 aromatic carbocycles. The van der Waals surface area contributed by atoms with E-state index in [2.05, 4.69) is 15.9 Å². The van der Waals surface area contributed by atoms with Crippen molar-refractivity contribution in [2.24, 2.45) is 17.8 Å². The summed E-state index contributed by atoms with van der Waals surface area (Å²) in [5.41, 5.74) is 1.55. The Bertz CT molecular complexity index is 1720. The monoisotopic (exact) mass is 633 g/mol. The number of allylic oxidation sites excluding steroid dienone is 6. The molecule has 2 aromatic rings. The van der Waals surface area contributed by atoms with Crippen LogP contribution in [0.3, 0.4) is 0 Å². The smallest absolute Gasteiger partial charge is 0.339 e. The fraction of sp³-hybridized carbons (Fsp3) is 0.258. The summed E-state index contributed by atoms with van der Waals surface area (Å²) in [5, 5.41) is 29.8. The van der Waals surface area contributed by atoms with Crippen molar-refractivity contribution in [1.29, 1.82) is 0 Å². The number of phenols is 2. The number of carboxylic acids is 1. The Morgan fingerprint density at radius 3 is 2.48 bits per heavy atom. The highest BCUT2D eigenvalue weighted by molar-refractivity contribution is 9.12. The van der Waals surface area contributed by atoms with E-state index < -0.39 is 47.2 Å². The number of imide groups is 1. The van der Waals surface area contributed by atoms with E-state index >= 15 is 0 Å². The van der Waals surface area contributed by atoms with Crippen molar-refractivity contribution in [1.82, 2.24) is 0 Å². The van der Waals surface area contributed by atoms with Gasteiger partial charge in [0, 0.05) is 29.2 Å². The summed E-state index contributed by atoms with van der Waals surface area (Å²) in [6.45, 7) is 2.05. The van der Waals surface area contributed by atoms with Gasteiger partial charge in [-0.15, -0.1) is 0 Å². The van der Waals surface area contributed by atoms with Gasteiger partial charge in [0.05, 0.1) is 28.6 Å². The molecule has 11 heteroatoms. The zero-order chi connectivity index (χ0) is 30.0. The zero-order valence-electron chi connectivity index (χ0n) is 22.2. The van der Waals surface area contributed by atoms with Crippen molar-refractivity contribution in [2.75, 3.05) is 11.5 Å². The summed E-state index contributed by atoms with van der Waals surface area (Å²) in [7, 11) is 0. The molecule has 1 saturated heterocycles. The molecule has 10 nitrogen and oxygen atoms in total. The molecule has 0 radical (unpaired) electrons. The topological polar surface area (TPSA) is 159 Å². The Labute approximate surface area is 247 Å². The van der Waals surface area contributed by atoms with Crippen LogP contribution in [-0.2, 0) is 19.2 Å². The number of benzene rings is 2. The predicted molar refractivity (Wildman–Crippen MR) is 151 cm³/mol. The Hall–Kier alpha value is -4.51. The number of ketones is 2. The highest BCUT2D eigenvalue weighted by Crippen LogP contribution is 2.56. The Kier molecular flexibility index (Phi) is 6.64.